The van der Waals surface area contributed by atoms with Crippen LogP contribution in [0.25, 0.3) is 0 Å². The Bertz CT molecular complexity index is 303. The summed E-state index contributed by atoms with van der Waals surface area (Å²) in [5.74, 6) is -1.79. The van der Waals surface area contributed by atoms with Crippen LogP contribution in [0.1, 0.15) is 24.0 Å². The molecular weight excluding hydrogens is 180 g/mol. The Labute approximate surface area is 83.0 Å². The molecule has 1 aromatic rings. The van der Waals surface area contributed by atoms with Gasteiger partial charge in [-0.3, -0.25) is 4.79 Å². The van der Waals surface area contributed by atoms with Crippen molar-refractivity contribution in [2.24, 2.45) is 0 Å². The molecule has 1 rings (SSSR count). The SMILES string of the molecule is CCc1ccc(C(CO)C(=O)O)cc1. The van der Waals surface area contributed by atoms with E-state index in [4.69, 9.17) is 10.2 Å². The van der Waals surface area contributed by atoms with Crippen LogP contribution >= 0.6 is 0 Å². The molecule has 0 aliphatic heterocycles. The van der Waals surface area contributed by atoms with Crippen LogP contribution in [0.2, 0.25) is 0 Å². The van der Waals surface area contributed by atoms with Gasteiger partial charge in [0.1, 0.15) is 5.92 Å². The highest BCUT2D eigenvalue weighted by Crippen LogP contribution is 2.16. The predicted octanol–water partition coefficient (Wildman–Crippen LogP) is 1.41. The lowest BCUT2D eigenvalue weighted by Crippen LogP contribution is -2.15. The zero-order valence-corrected chi connectivity index (χ0v) is 8.10. The zero-order chi connectivity index (χ0) is 10.6. The number of carboxylic acids is 1. The summed E-state index contributed by atoms with van der Waals surface area (Å²) in [4.78, 5) is 10.7. The first kappa shape index (κ1) is 10.7. The monoisotopic (exact) mass is 194 g/mol. The fraction of sp³-hybridized carbons (Fsp3) is 0.364. The van der Waals surface area contributed by atoms with Gasteiger partial charge in [0.15, 0.2) is 0 Å². The van der Waals surface area contributed by atoms with Crippen LogP contribution in [0.15, 0.2) is 24.3 Å². The lowest BCUT2D eigenvalue weighted by Gasteiger charge is -2.09. The summed E-state index contributed by atoms with van der Waals surface area (Å²) in [6.45, 7) is 1.68. The van der Waals surface area contributed by atoms with Gasteiger partial charge >= 0.3 is 5.97 Å². The van der Waals surface area contributed by atoms with Crippen molar-refractivity contribution in [1.29, 1.82) is 0 Å². The van der Waals surface area contributed by atoms with E-state index >= 15 is 0 Å². The summed E-state index contributed by atoms with van der Waals surface area (Å²) < 4.78 is 0. The largest absolute Gasteiger partial charge is 0.481 e. The molecule has 0 aromatic heterocycles. The molecule has 0 heterocycles. The summed E-state index contributed by atoms with van der Waals surface area (Å²) in [5, 5.41) is 17.7. The number of hydrogen-bond acceptors (Lipinski definition) is 2. The van der Waals surface area contributed by atoms with Gasteiger partial charge in [0, 0.05) is 0 Å². The Hall–Kier alpha value is -1.35. The van der Waals surface area contributed by atoms with Crippen molar-refractivity contribution in [3.05, 3.63) is 35.4 Å². The smallest absolute Gasteiger partial charge is 0.313 e. The summed E-state index contributed by atoms with van der Waals surface area (Å²) >= 11 is 0. The minimum atomic E-state index is -0.989. The van der Waals surface area contributed by atoms with Gasteiger partial charge in [0.05, 0.1) is 6.61 Å². The highest BCUT2D eigenvalue weighted by molar-refractivity contribution is 5.76. The van der Waals surface area contributed by atoms with E-state index in [0.29, 0.717) is 5.56 Å². The molecule has 14 heavy (non-hydrogen) atoms. The second-order valence-corrected chi connectivity index (χ2v) is 3.17. The number of carbonyl (C=O) groups is 1. The van der Waals surface area contributed by atoms with Crippen molar-refractivity contribution in [3.8, 4) is 0 Å². The number of benzene rings is 1. The Balaban J connectivity index is 2.89. The second-order valence-electron chi connectivity index (χ2n) is 3.17. The van der Waals surface area contributed by atoms with E-state index in [1.54, 1.807) is 12.1 Å². The molecule has 2 N–H and O–H groups in total. The molecule has 0 saturated carbocycles. The topological polar surface area (TPSA) is 57.5 Å². The summed E-state index contributed by atoms with van der Waals surface area (Å²) in [6.07, 6.45) is 0.928. The third-order valence-electron chi connectivity index (χ3n) is 2.27. The first-order chi connectivity index (χ1) is 6.69. The van der Waals surface area contributed by atoms with Crippen molar-refractivity contribution in [3.63, 3.8) is 0 Å². The van der Waals surface area contributed by atoms with E-state index in [1.807, 2.05) is 19.1 Å². The van der Waals surface area contributed by atoms with E-state index in [2.05, 4.69) is 0 Å². The van der Waals surface area contributed by atoms with Crippen LogP contribution < -0.4 is 0 Å². The number of aliphatic hydroxyl groups is 1. The molecule has 76 valence electrons. The van der Waals surface area contributed by atoms with E-state index in [-0.39, 0.29) is 6.61 Å². The van der Waals surface area contributed by atoms with Crippen LogP contribution in [0, 0.1) is 0 Å². The molecule has 0 aliphatic rings. The number of aryl methyl sites for hydroxylation is 1. The second kappa shape index (κ2) is 4.77. The minimum Gasteiger partial charge on any atom is -0.481 e. The number of carboxylic acid groups (broad SMARTS) is 1. The van der Waals surface area contributed by atoms with Gasteiger partial charge in [-0.1, -0.05) is 31.2 Å². The Morgan fingerprint density at radius 2 is 1.93 bits per heavy atom. The van der Waals surface area contributed by atoms with Gasteiger partial charge in [-0.15, -0.1) is 0 Å². The standard InChI is InChI=1S/C11H14O3/c1-2-8-3-5-9(6-4-8)10(7-12)11(13)14/h3-6,10,12H,2,7H2,1H3,(H,13,14). The van der Waals surface area contributed by atoms with Gasteiger partial charge in [-0.25, -0.2) is 0 Å². The van der Waals surface area contributed by atoms with E-state index in [1.165, 1.54) is 0 Å². The predicted molar refractivity (Wildman–Crippen MR) is 53.3 cm³/mol. The quantitative estimate of drug-likeness (QED) is 0.761. The average molecular weight is 194 g/mol. The van der Waals surface area contributed by atoms with Gasteiger partial charge in [-0.2, -0.15) is 0 Å². The Kier molecular flexibility index (Phi) is 3.65. The first-order valence-corrected chi connectivity index (χ1v) is 4.61. The maximum absolute atomic E-state index is 10.7. The highest BCUT2D eigenvalue weighted by Gasteiger charge is 2.17. The van der Waals surface area contributed by atoms with E-state index in [9.17, 15) is 4.79 Å². The average Bonchev–Trinajstić information content (AvgIpc) is 2.19. The van der Waals surface area contributed by atoms with Crippen LogP contribution in [-0.2, 0) is 11.2 Å². The molecule has 1 aromatic carbocycles. The highest BCUT2D eigenvalue weighted by atomic mass is 16.4. The van der Waals surface area contributed by atoms with Crippen molar-refractivity contribution >= 4 is 5.97 Å². The lowest BCUT2D eigenvalue weighted by molar-refractivity contribution is -0.139. The van der Waals surface area contributed by atoms with Crippen molar-refractivity contribution in [2.75, 3.05) is 6.61 Å². The molecule has 1 atom stereocenters. The maximum Gasteiger partial charge on any atom is 0.313 e. The summed E-state index contributed by atoms with van der Waals surface area (Å²) in [6, 6.07) is 7.30. The van der Waals surface area contributed by atoms with Crippen LogP contribution in [-0.4, -0.2) is 22.8 Å². The third-order valence-corrected chi connectivity index (χ3v) is 2.27. The molecule has 0 amide bonds. The minimum absolute atomic E-state index is 0.360. The molecule has 3 heteroatoms. The van der Waals surface area contributed by atoms with Crippen molar-refractivity contribution in [2.45, 2.75) is 19.3 Å². The summed E-state index contributed by atoms with van der Waals surface area (Å²) in [7, 11) is 0. The zero-order valence-electron chi connectivity index (χ0n) is 8.10. The molecule has 1 unspecified atom stereocenters. The Morgan fingerprint density at radius 1 is 1.36 bits per heavy atom. The van der Waals surface area contributed by atoms with Crippen molar-refractivity contribution in [1.82, 2.24) is 0 Å². The van der Waals surface area contributed by atoms with Crippen molar-refractivity contribution < 1.29 is 15.0 Å². The molecule has 0 fully saturated rings. The molecule has 0 radical (unpaired) electrons. The number of rotatable bonds is 4. The lowest BCUT2D eigenvalue weighted by atomic mass is 9.98. The molecule has 3 nitrogen and oxygen atoms in total. The Morgan fingerprint density at radius 3 is 2.29 bits per heavy atom. The number of hydrogen-bond donors (Lipinski definition) is 2. The third kappa shape index (κ3) is 2.33. The van der Waals surface area contributed by atoms with E-state index < -0.39 is 11.9 Å². The van der Waals surface area contributed by atoms with Gasteiger partial charge in [-0.05, 0) is 17.5 Å². The van der Waals surface area contributed by atoms with Gasteiger partial charge in [0.25, 0.3) is 0 Å². The summed E-state index contributed by atoms with van der Waals surface area (Å²) in [5.41, 5.74) is 1.81. The molecule has 0 bridgehead atoms. The normalized spacial score (nSPS) is 12.4. The molecule has 0 saturated heterocycles. The van der Waals surface area contributed by atoms with Gasteiger partial charge < -0.3 is 10.2 Å². The van der Waals surface area contributed by atoms with Crippen LogP contribution in [0.5, 0.6) is 0 Å². The number of aliphatic carboxylic acids is 1. The fourth-order valence-electron chi connectivity index (χ4n) is 1.31. The molecule has 0 aliphatic carbocycles. The van der Waals surface area contributed by atoms with Crippen LogP contribution in [0.4, 0.5) is 0 Å². The number of aliphatic hydroxyl groups excluding tert-OH is 1. The van der Waals surface area contributed by atoms with Gasteiger partial charge in [0.2, 0.25) is 0 Å². The molecular formula is C11H14O3. The fourth-order valence-corrected chi connectivity index (χ4v) is 1.31. The van der Waals surface area contributed by atoms with E-state index in [0.717, 1.165) is 12.0 Å². The maximum atomic E-state index is 10.7. The first-order valence-electron chi connectivity index (χ1n) is 4.61. The molecule has 0 spiro atoms. The van der Waals surface area contributed by atoms with Crippen LogP contribution in [0.3, 0.4) is 0 Å².